The van der Waals surface area contributed by atoms with Crippen molar-refractivity contribution in [1.29, 1.82) is 0 Å². The van der Waals surface area contributed by atoms with Crippen LogP contribution in [0.15, 0.2) is 60.7 Å². The number of aryl methyl sites for hydroxylation is 1. The van der Waals surface area contributed by atoms with E-state index in [4.69, 9.17) is 0 Å². The van der Waals surface area contributed by atoms with Crippen molar-refractivity contribution in [3.63, 3.8) is 0 Å². The normalized spacial score (nSPS) is 12.3. The van der Waals surface area contributed by atoms with E-state index in [0.29, 0.717) is 0 Å². The second kappa shape index (κ2) is 7.41. The summed E-state index contributed by atoms with van der Waals surface area (Å²) >= 11 is 0. The molecule has 0 heterocycles. The van der Waals surface area contributed by atoms with Gasteiger partial charge in [0.05, 0.1) is 12.6 Å². The molecular formula is C18H19NO2. The molecule has 3 nitrogen and oxygen atoms in total. The van der Waals surface area contributed by atoms with Crippen LogP contribution in [0, 0.1) is 6.92 Å². The minimum atomic E-state index is -0.388. The average Bonchev–Trinajstić information content (AvgIpc) is 2.51. The van der Waals surface area contributed by atoms with Gasteiger partial charge in [0.1, 0.15) is 0 Å². The molecule has 0 saturated carbocycles. The minimum absolute atomic E-state index is 0.131. The molecule has 1 atom stereocenters. The molecule has 0 aliphatic carbocycles. The van der Waals surface area contributed by atoms with Crippen molar-refractivity contribution in [3.05, 3.63) is 77.4 Å². The van der Waals surface area contributed by atoms with Crippen molar-refractivity contribution in [2.45, 2.75) is 13.0 Å². The zero-order chi connectivity index (χ0) is 15.1. The first-order valence-corrected chi connectivity index (χ1v) is 6.90. The van der Waals surface area contributed by atoms with Gasteiger partial charge in [-0.3, -0.25) is 4.79 Å². The number of rotatable bonds is 5. The van der Waals surface area contributed by atoms with Crippen molar-refractivity contribution >= 4 is 12.0 Å². The molecule has 0 aliphatic heterocycles. The molecule has 0 spiro atoms. The third kappa shape index (κ3) is 4.58. The van der Waals surface area contributed by atoms with Crippen LogP contribution in [-0.4, -0.2) is 17.6 Å². The fraction of sp³-hybridized carbons (Fsp3) is 0.167. The van der Waals surface area contributed by atoms with E-state index in [1.54, 1.807) is 6.08 Å². The lowest BCUT2D eigenvalue weighted by molar-refractivity contribution is -0.117. The van der Waals surface area contributed by atoms with Crippen LogP contribution in [0.4, 0.5) is 0 Å². The number of aliphatic hydroxyl groups is 1. The predicted octanol–water partition coefficient (Wildman–Crippen LogP) is 2.86. The van der Waals surface area contributed by atoms with Gasteiger partial charge in [-0.25, -0.2) is 0 Å². The van der Waals surface area contributed by atoms with E-state index >= 15 is 0 Å². The van der Waals surface area contributed by atoms with E-state index in [9.17, 15) is 9.90 Å². The van der Waals surface area contributed by atoms with Crippen LogP contribution < -0.4 is 5.32 Å². The highest BCUT2D eigenvalue weighted by molar-refractivity contribution is 5.92. The van der Waals surface area contributed by atoms with Gasteiger partial charge >= 0.3 is 0 Å². The maximum absolute atomic E-state index is 11.9. The molecule has 0 aliphatic rings. The van der Waals surface area contributed by atoms with Gasteiger partial charge in [-0.05, 0) is 24.1 Å². The van der Waals surface area contributed by atoms with Crippen LogP contribution >= 0.6 is 0 Å². The summed E-state index contributed by atoms with van der Waals surface area (Å²) in [5.41, 5.74) is 3.01. The molecule has 108 valence electrons. The molecule has 0 fully saturated rings. The first-order valence-electron chi connectivity index (χ1n) is 6.90. The molecule has 2 N–H and O–H groups in total. The van der Waals surface area contributed by atoms with Crippen molar-refractivity contribution in [2.75, 3.05) is 6.61 Å². The maximum Gasteiger partial charge on any atom is 0.244 e. The molecule has 2 aromatic rings. The molecule has 1 amide bonds. The minimum Gasteiger partial charge on any atom is -0.394 e. The Kier molecular flexibility index (Phi) is 5.29. The highest BCUT2D eigenvalue weighted by Crippen LogP contribution is 2.11. The van der Waals surface area contributed by atoms with E-state index in [2.05, 4.69) is 5.32 Å². The first kappa shape index (κ1) is 15.0. The number of carbonyl (C=O) groups is 1. The van der Waals surface area contributed by atoms with Gasteiger partial charge in [-0.1, -0.05) is 60.2 Å². The summed E-state index contributed by atoms with van der Waals surface area (Å²) < 4.78 is 0. The SMILES string of the molecule is Cc1cccc(/C=C/C(=O)N[C@H](CO)c2ccccc2)c1. The Morgan fingerprint density at radius 2 is 1.95 bits per heavy atom. The van der Waals surface area contributed by atoms with Crippen LogP contribution in [0.1, 0.15) is 22.7 Å². The van der Waals surface area contributed by atoms with E-state index in [1.807, 2.05) is 61.5 Å². The van der Waals surface area contributed by atoms with Crippen LogP contribution in [-0.2, 0) is 4.79 Å². The van der Waals surface area contributed by atoms with Gasteiger partial charge in [0.25, 0.3) is 0 Å². The van der Waals surface area contributed by atoms with Gasteiger partial charge in [-0.15, -0.1) is 0 Å². The summed E-state index contributed by atoms with van der Waals surface area (Å²) in [5, 5.41) is 12.2. The lowest BCUT2D eigenvalue weighted by atomic mass is 10.1. The van der Waals surface area contributed by atoms with Crippen LogP contribution in [0.3, 0.4) is 0 Å². The van der Waals surface area contributed by atoms with Gasteiger partial charge in [0.15, 0.2) is 0 Å². The second-order valence-corrected chi connectivity index (χ2v) is 4.90. The number of carbonyl (C=O) groups excluding carboxylic acids is 1. The van der Waals surface area contributed by atoms with Gasteiger partial charge in [0.2, 0.25) is 5.91 Å². The number of aliphatic hydroxyl groups excluding tert-OH is 1. The van der Waals surface area contributed by atoms with Crippen molar-refractivity contribution in [3.8, 4) is 0 Å². The van der Waals surface area contributed by atoms with Crippen molar-refractivity contribution < 1.29 is 9.90 Å². The first-order chi connectivity index (χ1) is 10.2. The molecule has 2 aromatic carbocycles. The molecule has 2 rings (SSSR count). The van der Waals surface area contributed by atoms with E-state index in [0.717, 1.165) is 16.7 Å². The lowest BCUT2D eigenvalue weighted by Gasteiger charge is -2.15. The molecule has 0 aromatic heterocycles. The largest absolute Gasteiger partial charge is 0.394 e. The summed E-state index contributed by atoms with van der Waals surface area (Å²) in [6.07, 6.45) is 3.25. The van der Waals surface area contributed by atoms with Crippen molar-refractivity contribution in [1.82, 2.24) is 5.32 Å². The van der Waals surface area contributed by atoms with Gasteiger partial charge in [0, 0.05) is 6.08 Å². The Morgan fingerprint density at radius 3 is 2.62 bits per heavy atom. The monoisotopic (exact) mass is 281 g/mol. The highest BCUT2D eigenvalue weighted by Gasteiger charge is 2.11. The molecule has 0 bridgehead atoms. The lowest BCUT2D eigenvalue weighted by Crippen LogP contribution is -2.29. The Balaban J connectivity index is 2.00. The second-order valence-electron chi connectivity index (χ2n) is 4.90. The predicted molar refractivity (Wildman–Crippen MR) is 84.6 cm³/mol. The summed E-state index contributed by atoms with van der Waals surface area (Å²) in [6.45, 7) is 1.88. The van der Waals surface area contributed by atoms with E-state index < -0.39 is 0 Å². The van der Waals surface area contributed by atoms with Gasteiger partial charge < -0.3 is 10.4 Å². The molecule has 0 unspecified atom stereocenters. The van der Waals surface area contributed by atoms with Crippen molar-refractivity contribution in [2.24, 2.45) is 0 Å². The molecule has 21 heavy (non-hydrogen) atoms. The summed E-state index contributed by atoms with van der Waals surface area (Å²) in [6, 6.07) is 16.9. The quantitative estimate of drug-likeness (QED) is 0.828. The Bertz CT molecular complexity index is 620. The maximum atomic E-state index is 11.9. The number of benzene rings is 2. The number of hydrogen-bond donors (Lipinski definition) is 2. The van der Waals surface area contributed by atoms with Crippen LogP contribution in [0.5, 0.6) is 0 Å². The number of hydrogen-bond acceptors (Lipinski definition) is 2. The fourth-order valence-corrected chi connectivity index (χ4v) is 2.09. The molecule has 3 heteroatoms. The Morgan fingerprint density at radius 1 is 1.19 bits per heavy atom. The number of amides is 1. The standard InChI is InChI=1S/C18H19NO2/c1-14-6-5-7-15(12-14)10-11-18(21)19-17(13-20)16-8-3-2-4-9-16/h2-12,17,20H,13H2,1H3,(H,19,21)/b11-10+/t17-/m1/s1. The zero-order valence-electron chi connectivity index (χ0n) is 12.0. The Labute approximate surface area is 124 Å². The Hall–Kier alpha value is -2.39. The third-order valence-electron chi connectivity index (χ3n) is 3.17. The molecule has 0 saturated heterocycles. The smallest absolute Gasteiger partial charge is 0.244 e. The third-order valence-corrected chi connectivity index (χ3v) is 3.17. The van der Waals surface area contributed by atoms with Crippen LogP contribution in [0.2, 0.25) is 0 Å². The molecule has 0 radical (unpaired) electrons. The summed E-state index contributed by atoms with van der Waals surface area (Å²) in [4.78, 5) is 11.9. The summed E-state index contributed by atoms with van der Waals surface area (Å²) in [7, 11) is 0. The van der Waals surface area contributed by atoms with E-state index in [1.165, 1.54) is 6.08 Å². The topological polar surface area (TPSA) is 49.3 Å². The van der Waals surface area contributed by atoms with Crippen LogP contribution in [0.25, 0.3) is 6.08 Å². The number of nitrogens with one attached hydrogen (secondary N) is 1. The molecular weight excluding hydrogens is 262 g/mol. The highest BCUT2D eigenvalue weighted by atomic mass is 16.3. The fourth-order valence-electron chi connectivity index (χ4n) is 2.09. The van der Waals surface area contributed by atoms with E-state index in [-0.39, 0.29) is 18.6 Å². The zero-order valence-corrected chi connectivity index (χ0v) is 12.0. The van der Waals surface area contributed by atoms with Gasteiger partial charge in [-0.2, -0.15) is 0 Å². The average molecular weight is 281 g/mol. The summed E-state index contributed by atoms with van der Waals surface area (Å²) in [5.74, 6) is -0.223.